The summed E-state index contributed by atoms with van der Waals surface area (Å²) in [6, 6.07) is 2.66. The van der Waals surface area contributed by atoms with Crippen LogP contribution in [0.3, 0.4) is 0 Å². The molecule has 1 nitrogen and oxygen atoms in total. The Balaban J connectivity index is 2.43. The number of thioether (sulfide) groups is 1. The van der Waals surface area contributed by atoms with Crippen molar-refractivity contribution < 1.29 is 22.0 Å². The van der Waals surface area contributed by atoms with Gasteiger partial charge in [0.1, 0.15) is 11.6 Å². The summed E-state index contributed by atoms with van der Waals surface area (Å²) >= 11 is -0.139. The van der Waals surface area contributed by atoms with Crippen LogP contribution in [-0.2, 0) is 0 Å². The molecular formula is C11H12F5NS. The number of nitrogens with one attached hydrogen (secondary N) is 1. The van der Waals surface area contributed by atoms with Crippen LogP contribution >= 0.6 is 11.8 Å². The van der Waals surface area contributed by atoms with E-state index in [1.54, 1.807) is 6.92 Å². The van der Waals surface area contributed by atoms with Gasteiger partial charge in [-0.25, -0.2) is 8.78 Å². The lowest BCUT2D eigenvalue weighted by atomic mass is 10.1. The van der Waals surface area contributed by atoms with Crippen molar-refractivity contribution in [1.82, 2.24) is 5.32 Å². The second-order valence-corrected chi connectivity index (χ2v) is 4.80. The van der Waals surface area contributed by atoms with E-state index in [0.717, 1.165) is 12.1 Å². The monoisotopic (exact) mass is 285 g/mol. The zero-order chi connectivity index (χ0) is 13.8. The summed E-state index contributed by atoms with van der Waals surface area (Å²) in [5.41, 5.74) is -4.03. The summed E-state index contributed by atoms with van der Waals surface area (Å²) in [6.07, 6.45) is 0. The highest BCUT2D eigenvalue weighted by atomic mass is 32.2. The predicted octanol–water partition coefficient (Wildman–Crippen LogP) is 3.87. The summed E-state index contributed by atoms with van der Waals surface area (Å²) in [6.45, 7) is 1.69. The SMILES string of the molecule is CC(NCCSC(F)(F)F)c1ccc(F)cc1F. The largest absolute Gasteiger partial charge is 0.441 e. The Morgan fingerprint density at radius 2 is 1.94 bits per heavy atom. The molecule has 0 heterocycles. The van der Waals surface area contributed by atoms with Crippen molar-refractivity contribution in [2.75, 3.05) is 12.3 Å². The van der Waals surface area contributed by atoms with E-state index in [-0.39, 0.29) is 29.6 Å². The molecule has 0 spiro atoms. The molecule has 1 unspecified atom stereocenters. The van der Waals surface area contributed by atoms with Crippen molar-refractivity contribution >= 4 is 11.8 Å². The fraction of sp³-hybridized carbons (Fsp3) is 0.455. The Kier molecular flexibility index (Phi) is 5.40. The second kappa shape index (κ2) is 6.38. The smallest absolute Gasteiger partial charge is 0.309 e. The molecule has 1 aromatic rings. The van der Waals surface area contributed by atoms with Crippen LogP contribution < -0.4 is 5.32 Å². The van der Waals surface area contributed by atoms with E-state index >= 15 is 0 Å². The van der Waals surface area contributed by atoms with Crippen LogP contribution in [0.4, 0.5) is 22.0 Å². The predicted molar refractivity (Wildman–Crippen MR) is 61.3 cm³/mol. The van der Waals surface area contributed by atoms with E-state index in [4.69, 9.17) is 0 Å². The van der Waals surface area contributed by atoms with Crippen LogP contribution in [0, 0.1) is 11.6 Å². The summed E-state index contributed by atoms with van der Waals surface area (Å²) in [5.74, 6) is -1.55. The Bertz CT molecular complexity index is 394. The molecule has 0 radical (unpaired) electrons. The minimum absolute atomic E-state index is 0.0855. The first-order chi connectivity index (χ1) is 8.29. The van der Waals surface area contributed by atoms with Gasteiger partial charge in [-0.1, -0.05) is 6.07 Å². The van der Waals surface area contributed by atoms with Crippen LogP contribution in [-0.4, -0.2) is 17.8 Å². The van der Waals surface area contributed by atoms with E-state index < -0.39 is 23.2 Å². The number of alkyl halides is 3. The number of benzene rings is 1. The lowest BCUT2D eigenvalue weighted by Gasteiger charge is -2.15. The third kappa shape index (κ3) is 5.22. The standard InChI is InChI=1S/C11H12F5NS/c1-7(17-4-5-18-11(14,15)16)9-3-2-8(12)6-10(9)13/h2-3,6-7,17H,4-5H2,1H3. The van der Waals surface area contributed by atoms with E-state index in [9.17, 15) is 22.0 Å². The number of hydrogen-bond acceptors (Lipinski definition) is 2. The molecule has 1 aromatic carbocycles. The van der Waals surface area contributed by atoms with E-state index in [1.165, 1.54) is 6.07 Å². The minimum Gasteiger partial charge on any atom is -0.309 e. The normalized spacial score (nSPS) is 13.7. The molecule has 1 rings (SSSR count). The van der Waals surface area contributed by atoms with Gasteiger partial charge in [-0.05, 0) is 24.8 Å². The van der Waals surface area contributed by atoms with E-state index in [2.05, 4.69) is 5.32 Å². The van der Waals surface area contributed by atoms with E-state index in [0.29, 0.717) is 0 Å². The minimum atomic E-state index is -4.26. The fourth-order valence-corrected chi connectivity index (χ4v) is 1.86. The van der Waals surface area contributed by atoms with E-state index in [1.807, 2.05) is 0 Å². The number of halogens is 5. The van der Waals surface area contributed by atoms with Crippen LogP contribution in [0.5, 0.6) is 0 Å². The summed E-state index contributed by atoms with van der Waals surface area (Å²) in [7, 11) is 0. The third-order valence-electron chi connectivity index (χ3n) is 2.25. The van der Waals surface area contributed by atoms with Crippen LogP contribution in [0.1, 0.15) is 18.5 Å². The van der Waals surface area contributed by atoms with Crippen LogP contribution in [0.25, 0.3) is 0 Å². The molecule has 0 aliphatic carbocycles. The quantitative estimate of drug-likeness (QED) is 0.651. The summed E-state index contributed by atoms with van der Waals surface area (Å²) in [4.78, 5) is 0. The van der Waals surface area contributed by atoms with Crippen molar-refractivity contribution in [2.45, 2.75) is 18.5 Å². The topological polar surface area (TPSA) is 12.0 Å². The van der Waals surface area contributed by atoms with Crippen molar-refractivity contribution in [2.24, 2.45) is 0 Å². The lowest BCUT2D eigenvalue weighted by Crippen LogP contribution is -2.23. The van der Waals surface area contributed by atoms with Gasteiger partial charge in [0.25, 0.3) is 0 Å². The van der Waals surface area contributed by atoms with Crippen molar-refractivity contribution in [1.29, 1.82) is 0 Å². The number of rotatable bonds is 5. The molecular weight excluding hydrogens is 273 g/mol. The average molecular weight is 285 g/mol. The molecule has 0 bridgehead atoms. The van der Waals surface area contributed by atoms with Gasteiger partial charge in [-0.2, -0.15) is 13.2 Å². The highest BCUT2D eigenvalue weighted by Gasteiger charge is 2.27. The number of hydrogen-bond donors (Lipinski definition) is 1. The highest BCUT2D eigenvalue weighted by molar-refractivity contribution is 8.00. The molecule has 0 amide bonds. The Morgan fingerprint density at radius 3 is 2.50 bits per heavy atom. The maximum atomic E-state index is 13.3. The van der Waals surface area contributed by atoms with Gasteiger partial charge in [-0.3, -0.25) is 0 Å². The van der Waals surface area contributed by atoms with Crippen LogP contribution in [0.2, 0.25) is 0 Å². The maximum Gasteiger partial charge on any atom is 0.441 e. The Hall–Kier alpha value is -0.820. The summed E-state index contributed by atoms with van der Waals surface area (Å²) in [5, 5.41) is 2.75. The lowest BCUT2D eigenvalue weighted by molar-refractivity contribution is -0.0327. The highest BCUT2D eigenvalue weighted by Crippen LogP contribution is 2.29. The Morgan fingerprint density at radius 1 is 1.28 bits per heavy atom. The van der Waals surface area contributed by atoms with Gasteiger partial charge in [0.05, 0.1) is 0 Å². The molecule has 0 aliphatic heterocycles. The van der Waals surface area contributed by atoms with Crippen LogP contribution in [0.15, 0.2) is 18.2 Å². The summed E-state index contributed by atoms with van der Waals surface area (Å²) < 4.78 is 61.5. The zero-order valence-corrected chi connectivity index (χ0v) is 10.3. The molecule has 0 saturated heterocycles. The van der Waals surface area contributed by atoms with Gasteiger partial charge in [0.2, 0.25) is 0 Å². The Labute approximate surface area is 106 Å². The van der Waals surface area contributed by atoms with Gasteiger partial charge >= 0.3 is 5.51 Å². The molecule has 0 saturated carbocycles. The molecule has 1 atom stereocenters. The van der Waals surface area contributed by atoms with Gasteiger partial charge in [0, 0.05) is 30.0 Å². The first-order valence-corrected chi connectivity index (χ1v) is 6.17. The van der Waals surface area contributed by atoms with Gasteiger partial charge < -0.3 is 5.32 Å². The molecule has 1 N–H and O–H groups in total. The van der Waals surface area contributed by atoms with Gasteiger partial charge in [-0.15, -0.1) is 0 Å². The second-order valence-electron chi connectivity index (χ2n) is 3.64. The average Bonchev–Trinajstić information content (AvgIpc) is 2.22. The first kappa shape index (κ1) is 15.2. The van der Waals surface area contributed by atoms with Crippen molar-refractivity contribution in [3.05, 3.63) is 35.4 Å². The molecule has 102 valence electrons. The molecule has 0 fully saturated rings. The molecule has 18 heavy (non-hydrogen) atoms. The zero-order valence-electron chi connectivity index (χ0n) is 9.52. The van der Waals surface area contributed by atoms with Crippen molar-refractivity contribution in [3.63, 3.8) is 0 Å². The maximum absolute atomic E-state index is 13.3. The van der Waals surface area contributed by atoms with Crippen molar-refractivity contribution in [3.8, 4) is 0 Å². The fourth-order valence-electron chi connectivity index (χ4n) is 1.40. The van der Waals surface area contributed by atoms with Gasteiger partial charge in [0.15, 0.2) is 0 Å². The molecule has 7 heteroatoms. The molecule has 0 aliphatic rings. The molecule has 0 aromatic heterocycles. The first-order valence-electron chi connectivity index (χ1n) is 5.18. The third-order valence-corrected chi connectivity index (χ3v) is 2.98.